The van der Waals surface area contributed by atoms with Crippen LogP contribution in [0.4, 0.5) is 5.69 Å². The van der Waals surface area contributed by atoms with Crippen molar-refractivity contribution in [2.24, 2.45) is 0 Å². The SMILES string of the molecule is CC(=O)c1cccc(NC(=O)[C@H](C)Oc2ccc3ccccc3c2)c1. The molecule has 3 rings (SSSR count). The number of nitrogens with one attached hydrogen (secondary N) is 1. The fourth-order valence-corrected chi connectivity index (χ4v) is 2.56. The molecule has 4 heteroatoms. The van der Waals surface area contributed by atoms with Crippen molar-refractivity contribution < 1.29 is 14.3 Å². The summed E-state index contributed by atoms with van der Waals surface area (Å²) in [5, 5.41) is 4.95. The maximum atomic E-state index is 12.3. The Labute approximate surface area is 146 Å². The highest BCUT2D eigenvalue weighted by atomic mass is 16.5. The first-order valence-corrected chi connectivity index (χ1v) is 8.10. The van der Waals surface area contributed by atoms with E-state index in [0.717, 1.165) is 10.8 Å². The zero-order valence-corrected chi connectivity index (χ0v) is 14.2. The molecule has 0 radical (unpaired) electrons. The summed E-state index contributed by atoms with van der Waals surface area (Å²) < 4.78 is 5.76. The Morgan fingerprint density at radius 2 is 1.68 bits per heavy atom. The Bertz CT molecular complexity index is 933. The van der Waals surface area contributed by atoms with Crippen molar-refractivity contribution in [3.63, 3.8) is 0 Å². The number of carbonyl (C=O) groups is 2. The van der Waals surface area contributed by atoms with Gasteiger partial charge >= 0.3 is 0 Å². The van der Waals surface area contributed by atoms with Crippen LogP contribution in [0.5, 0.6) is 5.75 Å². The van der Waals surface area contributed by atoms with Crippen molar-refractivity contribution in [2.75, 3.05) is 5.32 Å². The monoisotopic (exact) mass is 333 g/mol. The lowest BCUT2D eigenvalue weighted by atomic mass is 10.1. The summed E-state index contributed by atoms with van der Waals surface area (Å²) in [6.45, 7) is 3.19. The Kier molecular flexibility index (Phi) is 4.80. The average molecular weight is 333 g/mol. The number of ketones is 1. The van der Waals surface area contributed by atoms with E-state index in [1.165, 1.54) is 6.92 Å². The van der Waals surface area contributed by atoms with Crippen LogP contribution in [0.25, 0.3) is 10.8 Å². The van der Waals surface area contributed by atoms with Crippen LogP contribution >= 0.6 is 0 Å². The van der Waals surface area contributed by atoms with E-state index < -0.39 is 6.10 Å². The summed E-state index contributed by atoms with van der Waals surface area (Å²) in [4.78, 5) is 23.8. The molecule has 0 aliphatic rings. The zero-order chi connectivity index (χ0) is 17.8. The smallest absolute Gasteiger partial charge is 0.265 e. The number of carbonyl (C=O) groups excluding carboxylic acids is 2. The lowest BCUT2D eigenvalue weighted by Gasteiger charge is -2.15. The molecule has 1 atom stereocenters. The standard InChI is InChI=1S/C21H19NO3/c1-14(23)17-8-5-9-19(12-17)22-21(24)15(2)25-20-11-10-16-6-3-4-7-18(16)13-20/h3-13,15H,1-2H3,(H,22,24)/t15-/m0/s1. The van der Waals surface area contributed by atoms with E-state index in [9.17, 15) is 9.59 Å². The quantitative estimate of drug-likeness (QED) is 0.702. The summed E-state index contributed by atoms with van der Waals surface area (Å²) >= 11 is 0. The van der Waals surface area contributed by atoms with Crippen LogP contribution in [0.2, 0.25) is 0 Å². The third-order valence-corrected chi connectivity index (χ3v) is 3.94. The number of benzene rings is 3. The van der Waals surface area contributed by atoms with Crippen molar-refractivity contribution in [1.82, 2.24) is 0 Å². The number of fused-ring (bicyclic) bond motifs is 1. The number of hydrogen-bond donors (Lipinski definition) is 1. The zero-order valence-electron chi connectivity index (χ0n) is 14.2. The number of ether oxygens (including phenoxy) is 1. The molecular weight excluding hydrogens is 314 g/mol. The number of hydrogen-bond acceptors (Lipinski definition) is 3. The molecule has 0 saturated heterocycles. The van der Waals surface area contributed by atoms with E-state index in [1.54, 1.807) is 31.2 Å². The second kappa shape index (κ2) is 7.18. The minimum Gasteiger partial charge on any atom is -0.481 e. The van der Waals surface area contributed by atoms with Gasteiger partial charge in [-0.15, -0.1) is 0 Å². The molecule has 0 saturated carbocycles. The van der Waals surface area contributed by atoms with Crippen molar-refractivity contribution in [2.45, 2.75) is 20.0 Å². The van der Waals surface area contributed by atoms with Gasteiger partial charge in [0.05, 0.1) is 0 Å². The first kappa shape index (κ1) is 16.7. The molecule has 0 aromatic heterocycles. The molecule has 0 unspecified atom stereocenters. The van der Waals surface area contributed by atoms with Gasteiger partial charge in [0.2, 0.25) is 0 Å². The fraction of sp³-hybridized carbons (Fsp3) is 0.143. The normalized spacial score (nSPS) is 11.8. The van der Waals surface area contributed by atoms with Crippen molar-refractivity contribution in [3.8, 4) is 5.75 Å². The molecule has 0 bridgehead atoms. The highest BCUT2D eigenvalue weighted by Gasteiger charge is 2.15. The molecule has 0 aliphatic heterocycles. The molecule has 0 aliphatic carbocycles. The van der Waals surface area contributed by atoms with Gasteiger partial charge in [-0.2, -0.15) is 0 Å². The third-order valence-electron chi connectivity index (χ3n) is 3.94. The summed E-state index contributed by atoms with van der Waals surface area (Å²) in [6.07, 6.45) is -0.665. The summed E-state index contributed by atoms with van der Waals surface area (Å²) in [5.41, 5.74) is 1.13. The molecule has 0 fully saturated rings. The molecule has 0 spiro atoms. The van der Waals surface area contributed by atoms with Crippen molar-refractivity contribution >= 4 is 28.2 Å². The molecular formula is C21H19NO3. The topological polar surface area (TPSA) is 55.4 Å². The van der Waals surface area contributed by atoms with Gasteiger partial charge in [-0.05, 0) is 48.9 Å². The highest BCUT2D eigenvalue weighted by molar-refractivity contribution is 5.98. The van der Waals surface area contributed by atoms with E-state index in [-0.39, 0.29) is 11.7 Å². The van der Waals surface area contributed by atoms with Gasteiger partial charge in [0, 0.05) is 11.3 Å². The first-order chi connectivity index (χ1) is 12.0. The van der Waals surface area contributed by atoms with Crippen LogP contribution in [-0.2, 0) is 4.79 Å². The minimum absolute atomic E-state index is 0.0449. The maximum Gasteiger partial charge on any atom is 0.265 e. The van der Waals surface area contributed by atoms with E-state index in [4.69, 9.17) is 4.74 Å². The van der Waals surface area contributed by atoms with E-state index >= 15 is 0 Å². The number of anilines is 1. The lowest BCUT2D eigenvalue weighted by Crippen LogP contribution is -2.30. The Morgan fingerprint density at radius 3 is 2.44 bits per heavy atom. The van der Waals surface area contributed by atoms with Crippen molar-refractivity contribution in [1.29, 1.82) is 0 Å². The number of rotatable bonds is 5. The Hall–Kier alpha value is -3.14. The van der Waals surface area contributed by atoms with Crippen LogP contribution < -0.4 is 10.1 Å². The van der Waals surface area contributed by atoms with Gasteiger partial charge in [0.1, 0.15) is 5.75 Å². The molecule has 25 heavy (non-hydrogen) atoms. The van der Waals surface area contributed by atoms with Gasteiger partial charge in [0.15, 0.2) is 11.9 Å². The molecule has 126 valence electrons. The van der Waals surface area contributed by atoms with E-state index in [1.807, 2.05) is 42.5 Å². The van der Waals surface area contributed by atoms with Crippen LogP contribution in [0.1, 0.15) is 24.2 Å². The Balaban J connectivity index is 1.69. The lowest BCUT2D eigenvalue weighted by molar-refractivity contribution is -0.122. The van der Waals surface area contributed by atoms with Crippen LogP contribution in [0.15, 0.2) is 66.7 Å². The maximum absolute atomic E-state index is 12.3. The molecule has 0 heterocycles. The molecule has 4 nitrogen and oxygen atoms in total. The molecule has 1 N–H and O–H groups in total. The highest BCUT2D eigenvalue weighted by Crippen LogP contribution is 2.22. The number of amides is 1. The van der Waals surface area contributed by atoms with Gasteiger partial charge in [-0.1, -0.05) is 42.5 Å². The second-order valence-electron chi connectivity index (χ2n) is 5.90. The van der Waals surface area contributed by atoms with Crippen LogP contribution in [0.3, 0.4) is 0 Å². The van der Waals surface area contributed by atoms with Gasteiger partial charge in [-0.25, -0.2) is 0 Å². The van der Waals surface area contributed by atoms with Crippen LogP contribution in [0, 0.1) is 0 Å². The van der Waals surface area contributed by atoms with Gasteiger partial charge in [0.25, 0.3) is 5.91 Å². The third kappa shape index (κ3) is 4.04. The molecule has 3 aromatic carbocycles. The predicted molar refractivity (Wildman–Crippen MR) is 99.1 cm³/mol. The average Bonchev–Trinajstić information content (AvgIpc) is 2.61. The van der Waals surface area contributed by atoms with Gasteiger partial charge < -0.3 is 10.1 Å². The Morgan fingerprint density at radius 1 is 0.920 bits per heavy atom. The first-order valence-electron chi connectivity index (χ1n) is 8.10. The summed E-state index contributed by atoms with van der Waals surface area (Å²) in [6, 6.07) is 20.5. The number of Topliss-reactive ketones (excluding diaryl/α,β-unsaturated/α-hetero) is 1. The van der Waals surface area contributed by atoms with Crippen LogP contribution in [-0.4, -0.2) is 17.8 Å². The van der Waals surface area contributed by atoms with Crippen molar-refractivity contribution in [3.05, 3.63) is 72.3 Å². The minimum atomic E-state index is -0.665. The summed E-state index contributed by atoms with van der Waals surface area (Å²) in [7, 11) is 0. The summed E-state index contributed by atoms with van der Waals surface area (Å²) in [5.74, 6) is 0.323. The largest absolute Gasteiger partial charge is 0.481 e. The van der Waals surface area contributed by atoms with E-state index in [2.05, 4.69) is 5.32 Å². The second-order valence-corrected chi connectivity index (χ2v) is 5.90. The van der Waals surface area contributed by atoms with Gasteiger partial charge in [-0.3, -0.25) is 9.59 Å². The fourth-order valence-electron chi connectivity index (χ4n) is 2.56. The molecule has 3 aromatic rings. The van der Waals surface area contributed by atoms with E-state index in [0.29, 0.717) is 17.0 Å². The molecule has 1 amide bonds. The predicted octanol–water partition coefficient (Wildman–Crippen LogP) is 4.45.